The van der Waals surface area contributed by atoms with E-state index in [0.717, 1.165) is 29.9 Å². The van der Waals surface area contributed by atoms with Crippen molar-refractivity contribution in [1.29, 1.82) is 0 Å². The standard InChI is InChI=1S/C15H21NO3/c1-4-5-8-18-11-6-7-14-12(9-11)13(16-17)10-15(2,3)19-14/h6-7,9,13H,4-5,8,10H2,1-3H3. The molecule has 0 saturated heterocycles. The van der Waals surface area contributed by atoms with Gasteiger partial charge in [0.2, 0.25) is 0 Å². The van der Waals surface area contributed by atoms with Gasteiger partial charge in [-0.1, -0.05) is 18.5 Å². The van der Waals surface area contributed by atoms with Gasteiger partial charge in [-0.05, 0) is 38.5 Å². The van der Waals surface area contributed by atoms with Gasteiger partial charge in [-0.25, -0.2) is 0 Å². The van der Waals surface area contributed by atoms with Gasteiger partial charge >= 0.3 is 0 Å². The summed E-state index contributed by atoms with van der Waals surface area (Å²) in [6, 6.07) is 5.29. The summed E-state index contributed by atoms with van der Waals surface area (Å²) in [7, 11) is 0. The van der Waals surface area contributed by atoms with Crippen LogP contribution in [0.15, 0.2) is 23.4 Å². The lowest BCUT2D eigenvalue weighted by Gasteiger charge is -2.35. The molecule has 19 heavy (non-hydrogen) atoms. The van der Waals surface area contributed by atoms with Crippen LogP contribution in [0.1, 0.15) is 51.6 Å². The van der Waals surface area contributed by atoms with E-state index in [1.54, 1.807) is 0 Å². The molecule has 0 fully saturated rings. The molecule has 0 bridgehead atoms. The van der Waals surface area contributed by atoms with E-state index in [9.17, 15) is 4.91 Å². The summed E-state index contributed by atoms with van der Waals surface area (Å²) < 4.78 is 11.5. The van der Waals surface area contributed by atoms with Gasteiger partial charge in [0.1, 0.15) is 23.1 Å². The highest BCUT2D eigenvalue weighted by molar-refractivity contribution is 5.44. The largest absolute Gasteiger partial charge is 0.494 e. The average molecular weight is 263 g/mol. The van der Waals surface area contributed by atoms with Gasteiger partial charge in [0.25, 0.3) is 0 Å². The van der Waals surface area contributed by atoms with Gasteiger partial charge < -0.3 is 9.47 Å². The third-order valence-electron chi connectivity index (χ3n) is 3.31. The number of hydrogen-bond acceptors (Lipinski definition) is 4. The lowest BCUT2D eigenvalue weighted by atomic mass is 9.90. The predicted octanol–water partition coefficient (Wildman–Crippen LogP) is 4.23. The zero-order valence-electron chi connectivity index (χ0n) is 11.8. The van der Waals surface area contributed by atoms with Gasteiger partial charge in [-0.2, -0.15) is 4.91 Å². The topological polar surface area (TPSA) is 47.9 Å². The molecular weight excluding hydrogens is 242 g/mol. The quantitative estimate of drug-likeness (QED) is 0.590. The van der Waals surface area contributed by atoms with Crippen LogP contribution in [0.3, 0.4) is 0 Å². The van der Waals surface area contributed by atoms with Crippen LogP contribution in [0.2, 0.25) is 0 Å². The Morgan fingerprint density at radius 3 is 2.95 bits per heavy atom. The van der Waals surface area contributed by atoms with Crippen molar-refractivity contribution in [2.24, 2.45) is 5.18 Å². The third kappa shape index (κ3) is 3.25. The molecule has 0 saturated carbocycles. The number of hydrogen-bond donors (Lipinski definition) is 0. The first-order valence-electron chi connectivity index (χ1n) is 6.84. The van der Waals surface area contributed by atoms with Crippen molar-refractivity contribution in [2.75, 3.05) is 6.61 Å². The van der Waals surface area contributed by atoms with Crippen LogP contribution in [-0.4, -0.2) is 12.2 Å². The SMILES string of the molecule is CCCCOc1ccc2c(c1)C(N=O)CC(C)(C)O2. The highest BCUT2D eigenvalue weighted by Gasteiger charge is 2.34. The highest BCUT2D eigenvalue weighted by atomic mass is 16.5. The van der Waals surface area contributed by atoms with E-state index in [1.807, 2.05) is 32.0 Å². The number of benzene rings is 1. The summed E-state index contributed by atoms with van der Waals surface area (Å²) >= 11 is 0. The predicted molar refractivity (Wildman–Crippen MR) is 74.7 cm³/mol. The van der Waals surface area contributed by atoms with Crippen LogP contribution >= 0.6 is 0 Å². The number of rotatable bonds is 5. The summed E-state index contributed by atoms with van der Waals surface area (Å²) in [6.45, 7) is 6.76. The first-order valence-corrected chi connectivity index (χ1v) is 6.84. The summed E-state index contributed by atoms with van der Waals surface area (Å²) in [5, 5.41) is 3.24. The fraction of sp³-hybridized carbons (Fsp3) is 0.600. The Morgan fingerprint density at radius 1 is 1.47 bits per heavy atom. The van der Waals surface area contributed by atoms with E-state index >= 15 is 0 Å². The molecule has 1 heterocycles. The monoisotopic (exact) mass is 263 g/mol. The molecule has 0 amide bonds. The van der Waals surface area contributed by atoms with E-state index in [4.69, 9.17) is 9.47 Å². The Bertz CT molecular complexity index is 457. The Kier molecular flexibility index (Phi) is 4.08. The smallest absolute Gasteiger partial charge is 0.125 e. The number of nitrogens with zero attached hydrogens (tertiary/aromatic N) is 1. The van der Waals surface area contributed by atoms with Crippen LogP contribution in [0.4, 0.5) is 0 Å². The molecule has 1 unspecified atom stereocenters. The van der Waals surface area contributed by atoms with Crippen LogP contribution in [-0.2, 0) is 0 Å². The third-order valence-corrected chi connectivity index (χ3v) is 3.31. The fourth-order valence-electron chi connectivity index (χ4n) is 2.31. The molecule has 0 aromatic heterocycles. The summed E-state index contributed by atoms with van der Waals surface area (Å²) in [6.07, 6.45) is 2.72. The second kappa shape index (κ2) is 5.59. The lowest BCUT2D eigenvalue weighted by molar-refractivity contribution is 0.0727. The van der Waals surface area contributed by atoms with Crippen molar-refractivity contribution in [1.82, 2.24) is 0 Å². The molecule has 0 aliphatic carbocycles. The van der Waals surface area contributed by atoms with Gasteiger partial charge in [0, 0.05) is 12.0 Å². The molecule has 1 aromatic carbocycles. The molecule has 0 spiro atoms. The maximum absolute atomic E-state index is 11.0. The molecule has 104 valence electrons. The van der Waals surface area contributed by atoms with Crippen molar-refractivity contribution in [3.8, 4) is 11.5 Å². The second-order valence-electron chi connectivity index (χ2n) is 5.59. The number of fused-ring (bicyclic) bond motifs is 1. The van der Waals surface area contributed by atoms with Crippen LogP contribution in [0, 0.1) is 4.91 Å². The summed E-state index contributed by atoms with van der Waals surface area (Å²) in [5.74, 6) is 1.52. The Labute approximate surface area is 114 Å². The highest BCUT2D eigenvalue weighted by Crippen LogP contribution is 2.42. The maximum Gasteiger partial charge on any atom is 0.125 e. The lowest BCUT2D eigenvalue weighted by Crippen LogP contribution is -2.34. The molecule has 4 heteroatoms. The minimum Gasteiger partial charge on any atom is -0.494 e. The zero-order valence-corrected chi connectivity index (χ0v) is 11.8. The zero-order chi connectivity index (χ0) is 13.9. The Morgan fingerprint density at radius 2 is 2.26 bits per heavy atom. The first-order chi connectivity index (χ1) is 9.05. The van der Waals surface area contributed by atoms with E-state index in [1.165, 1.54) is 0 Å². The molecule has 0 N–H and O–H groups in total. The minimum absolute atomic E-state index is 0.351. The normalized spacial score (nSPS) is 20.3. The van der Waals surface area contributed by atoms with E-state index in [-0.39, 0.29) is 11.6 Å². The van der Waals surface area contributed by atoms with Gasteiger partial charge in [-0.15, -0.1) is 0 Å². The first kappa shape index (κ1) is 13.8. The molecule has 1 atom stereocenters. The van der Waals surface area contributed by atoms with E-state index < -0.39 is 0 Å². The van der Waals surface area contributed by atoms with Crippen molar-refractivity contribution in [3.63, 3.8) is 0 Å². The van der Waals surface area contributed by atoms with Gasteiger partial charge in [-0.3, -0.25) is 0 Å². The van der Waals surface area contributed by atoms with E-state index in [2.05, 4.69) is 12.1 Å². The van der Waals surface area contributed by atoms with Crippen molar-refractivity contribution >= 4 is 0 Å². The molecule has 1 aliphatic rings. The van der Waals surface area contributed by atoms with Crippen molar-refractivity contribution in [2.45, 2.75) is 51.7 Å². The molecule has 1 aliphatic heterocycles. The summed E-state index contributed by atoms with van der Waals surface area (Å²) in [5.41, 5.74) is 0.485. The maximum atomic E-state index is 11.0. The number of unbranched alkanes of at least 4 members (excludes halogenated alkanes) is 1. The van der Waals surface area contributed by atoms with E-state index in [0.29, 0.717) is 13.0 Å². The van der Waals surface area contributed by atoms with Gasteiger partial charge in [0.15, 0.2) is 0 Å². The number of ether oxygens (including phenoxy) is 2. The second-order valence-corrected chi connectivity index (χ2v) is 5.59. The Hall–Kier alpha value is -1.58. The minimum atomic E-state index is -0.353. The fourth-order valence-corrected chi connectivity index (χ4v) is 2.31. The molecule has 1 aromatic rings. The summed E-state index contributed by atoms with van der Waals surface area (Å²) in [4.78, 5) is 11.0. The molecular formula is C15H21NO3. The van der Waals surface area contributed by atoms with Crippen molar-refractivity contribution < 1.29 is 9.47 Å². The van der Waals surface area contributed by atoms with Crippen LogP contribution in [0.5, 0.6) is 11.5 Å². The molecule has 0 radical (unpaired) electrons. The molecule has 2 rings (SSSR count). The van der Waals surface area contributed by atoms with Crippen LogP contribution in [0.25, 0.3) is 0 Å². The van der Waals surface area contributed by atoms with Crippen molar-refractivity contribution in [3.05, 3.63) is 28.7 Å². The van der Waals surface area contributed by atoms with Crippen LogP contribution < -0.4 is 9.47 Å². The average Bonchev–Trinajstić information content (AvgIpc) is 2.37. The number of nitroso groups, excluding NO2 is 1. The Balaban J connectivity index is 2.21. The van der Waals surface area contributed by atoms with Gasteiger partial charge in [0.05, 0.1) is 6.61 Å². The molecule has 4 nitrogen and oxygen atoms in total.